The zero-order valence-electron chi connectivity index (χ0n) is 11.9. The minimum atomic E-state index is 0.144. The zero-order chi connectivity index (χ0) is 13.5. The maximum absolute atomic E-state index is 12.8. The third kappa shape index (κ3) is 2.29. The minimum absolute atomic E-state index is 0.144. The van der Waals surface area contributed by atoms with Crippen molar-refractivity contribution in [3.8, 4) is 5.75 Å². The lowest BCUT2D eigenvalue weighted by Crippen LogP contribution is -2.34. The van der Waals surface area contributed by atoms with E-state index in [4.69, 9.17) is 4.74 Å². The molecule has 1 saturated carbocycles. The molecule has 19 heavy (non-hydrogen) atoms. The van der Waals surface area contributed by atoms with E-state index in [1.807, 2.05) is 12.1 Å². The third-order valence-electron chi connectivity index (χ3n) is 4.80. The summed E-state index contributed by atoms with van der Waals surface area (Å²) >= 11 is 0. The van der Waals surface area contributed by atoms with Crippen LogP contribution >= 0.6 is 0 Å². The summed E-state index contributed by atoms with van der Waals surface area (Å²) in [4.78, 5) is 12.8. The molecule has 1 unspecified atom stereocenters. The van der Waals surface area contributed by atoms with Gasteiger partial charge in [0.2, 0.25) is 0 Å². The van der Waals surface area contributed by atoms with Gasteiger partial charge in [-0.15, -0.1) is 0 Å². The number of Topliss-reactive ketones (excluding diaryl/α,β-unsaturated/α-hetero) is 1. The number of carbonyl (C=O) groups is 1. The summed E-state index contributed by atoms with van der Waals surface area (Å²) in [5.74, 6) is 1.47. The number of fused-ring (bicyclic) bond motifs is 1. The quantitative estimate of drug-likeness (QED) is 0.749. The fourth-order valence-electron chi connectivity index (χ4n) is 3.52. The van der Waals surface area contributed by atoms with Crippen LogP contribution in [0.4, 0.5) is 0 Å². The normalized spacial score (nSPS) is 24.6. The predicted octanol–water partition coefficient (Wildman–Crippen LogP) is 4.02. The minimum Gasteiger partial charge on any atom is -0.493 e. The molecule has 0 radical (unpaired) electrons. The Kier molecular flexibility index (Phi) is 3.12. The molecule has 2 nitrogen and oxygen atoms in total. The standard InChI is InChI=1S/C17H22O2/c1-17(2)9-4-3-5-14(17)16(18)13-6-7-15-12(11-13)8-10-19-15/h6-7,11,14H,3-5,8-10H2,1-2H3. The molecule has 1 aliphatic carbocycles. The molecule has 1 aromatic carbocycles. The van der Waals surface area contributed by atoms with Crippen molar-refractivity contribution in [2.45, 2.75) is 46.0 Å². The fraction of sp³-hybridized carbons (Fsp3) is 0.588. The number of ether oxygens (including phenoxy) is 1. The van der Waals surface area contributed by atoms with Gasteiger partial charge in [0, 0.05) is 17.9 Å². The van der Waals surface area contributed by atoms with Gasteiger partial charge in [0.15, 0.2) is 5.78 Å². The fourth-order valence-corrected chi connectivity index (χ4v) is 3.52. The second-order valence-electron chi connectivity index (χ2n) is 6.57. The highest BCUT2D eigenvalue weighted by atomic mass is 16.5. The second kappa shape index (κ2) is 4.66. The van der Waals surface area contributed by atoms with E-state index >= 15 is 0 Å². The van der Waals surface area contributed by atoms with E-state index in [9.17, 15) is 4.79 Å². The molecule has 3 rings (SSSR count). The number of hydrogen-bond acceptors (Lipinski definition) is 2. The summed E-state index contributed by atoms with van der Waals surface area (Å²) in [7, 11) is 0. The molecule has 0 saturated heterocycles. The van der Waals surface area contributed by atoms with Crippen LogP contribution in [0.1, 0.15) is 55.5 Å². The Labute approximate surface area is 115 Å². The molecule has 1 heterocycles. The summed E-state index contributed by atoms with van der Waals surface area (Å²) < 4.78 is 5.51. The van der Waals surface area contributed by atoms with Crippen molar-refractivity contribution in [3.63, 3.8) is 0 Å². The van der Waals surface area contributed by atoms with E-state index < -0.39 is 0 Å². The molecule has 0 amide bonds. The molecular formula is C17H22O2. The van der Waals surface area contributed by atoms with Gasteiger partial charge in [0.25, 0.3) is 0 Å². The molecule has 1 fully saturated rings. The van der Waals surface area contributed by atoms with E-state index in [-0.39, 0.29) is 11.3 Å². The molecule has 1 aromatic rings. The SMILES string of the molecule is CC1(C)CCCCC1C(=O)c1ccc2c(c1)CCO2. The van der Waals surface area contributed by atoms with Gasteiger partial charge in [-0.25, -0.2) is 0 Å². The smallest absolute Gasteiger partial charge is 0.166 e. The summed E-state index contributed by atoms with van der Waals surface area (Å²) in [6, 6.07) is 5.96. The van der Waals surface area contributed by atoms with Gasteiger partial charge in [-0.2, -0.15) is 0 Å². The topological polar surface area (TPSA) is 26.3 Å². The lowest BCUT2D eigenvalue weighted by molar-refractivity contribution is 0.0697. The second-order valence-corrected chi connectivity index (χ2v) is 6.57. The van der Waals surface area contributed by atoms with Crippen molar-refractivity contribution in [2.75, 3.05) is 6.61 Å². The average Bonchev–Trinajstić information content (AvgIpc) is 2.84. The monoisotopic (exact) mass is 258 g/mol. The Morgan fingerprint density at radius 3 is 2.95 bits per heavy atom. The zero-order valence-corrected chi connectivity index (χ0v) is 11.9. The largest absolute Gasteiger partial charge is 0.493 e. The van der Waals surface area contributed by atoms with Crippen LogP contribution < -0.4 is 4.74 Å². The molecule has 1 aliphatic heterocycles. The Hall–Kier alpha value is -1.31. The van der Waals surface area contributed by atoms with Crippen molar-refractivity contribution in [1.29, 1.82) is 0 Å². The average molecular weight is 258 g/mol. The Morgan fingerprint density at radius 2 is 2.16 bits per heavy atom. The van der Waals surface area contributed by atoms with Gasteiger partial charge in [-0.05, 0) is 42.0 Å². The van der Waals surface area contributed by atoms with Crippen molar-refractivity contribution in [3.05, 3.63) is 29.3 Å². The molecule has 0 N–H and O–H groups in total. The van der Waals surface area contributed by atoms with Gasteiger partial charge < -0.3 is 4.74 Å². The first-order valence-electron chi connectivity index (χ1n) is 7.38. The van der Waals surface area contributed by atoms with E-state index in [2.05, 4.69) is 19.9 Å². The highest BCUT2D eigenvalue weighted by Crippen LogP contribution is 2.42. The van der Waals surface area contributed by atoms with Crippen LogP contribution in [0.15, 0.2) is 18.2 Å². The summed E-state index contributed by atoms with van der Waals surface area (Å²) in [5, 5.41) is 0. The van der Waals surface area contributed by atoms with Crippen molar-refractivity contribution < 1.29 is 9.53 Å². The molecule has 102 valence electrons. The number of ketones is 1. The third-order valence-corrected chi connectivity index (χ3v) is 4.80. The lowest BCUT2D eigenvalue weighted by atomic mass is 9.66. The van der Waals surface area contributed by atoms with Crippen LogP contribution in [-0.4, -0.2) is 12.4 Å². The predicted molar refractivity (Wildman–Crippen MR) is 75.7 cm³/mol. The van der Waals surface area contributed by atoms with E-state index in [1.165, 1.54) is 18.4 Å². The number of rotatable bonds is 2. The van der Waals surface area contributed by atoms with Gasteiger partial charge >= 0.3 is 0 Å². The van der Waals surface area contributed by atoms with Crippen LogP contribution in [0, 0.1) is 11.3 Å². The number of benzene rings is 1. The van der Waals surface area contributed by atoms with Crippen molar-refractivity contribution in [2.24, 2.45) is 11.3 Å². The molecule has 2 heteroatoms. The van der Waals surface area contributed by atoms with E-state index in [0.29, 0.717) is 5.78 Å². The van der Waals surface area contributed by atoms with Crippen molar-refractivity contribution >= 4 is 5.78 Å². The Bertz CT molecular complexity index is 502. The van der Waals surface area contributed by atoms with Crippen LogP contribution in [0.2, 0.25) is 0 Å². The lowest BCUT2D eigenvalue weighted by Gasteiger charge is -2.37. The maximum Gasteiger partial charge on any atom is 0.166 e. The van der Waals surface area contributed by atoms with Gasteiger partial charge in [0.1, 0.15) is 5.75 Å². The van der Waals surface area contributed by atoms with Crippen LogP contribution in [0.5, 0.6) is 5.75 Å². The van der Waals surface area contributed by atoms with Gasteiger partial charge in [0.05, 0.1) is 6.61 Å². The highest BCUT2D eigenvalue weighted by Gasteiger charge is 2.37. The Morgan fingerprint density at radius 1 is 1.32 bits per heavy atom. The van der Waals surface area contributed by atoms with Crippen LogP contribution in [0.3, 0.4) is 0 Å². The molecule has 0 bridgehead atoms. The first-order chi connectivity index (χ1) is 9.08. The molecule has 2 aliphatic rings. The van der Waals surface area contributed by atoms with E-state index in [1.54, 1.807) is 0 Å². The summed E-state index contributed by atoms with van der Waals surface area (Å²) in [6.45, 7) is 5.23. The summed E-state index contributed by atoms with van der Waals surface area (Å²) in [6.07, 6.45) is 5.59. The van der Waals surface area contributed by atoms with Crippen molar-refractivity contribution in [1.82, 2.24) is 0 Å². The van der Waals surface area contributed by atoms with Gasteiger partial charge in [-0.3, -0.25) is 4.79 Å². The van der Waals surface area contributed by atoms with E-state index in [0.717, 1.165) is 37.2 Å². The summed E-state index contributed by atoms with van der Waals surface area (Å²) in [5.41, 5.74) is 2.22. The molecule has 0 aromatic heterocycles. The molecule has 0 spiro atoms. The van der Waals surface area contributed by atoms with Gasteiger partial charge in [-0.1, -0.05) is 26.7 Å². The first-order valence-corrected chi connectivity index (χ1v) is 7.38. The molecule has 1 atom stereocenters. The van der Waals surface area contributed by atoms with Crippen LogP contribution in [0.25, 0.3) is 0 Å². The maximum atomic E-state index is 12.8. The highest BCUT2D eigenvalue weighted by molar-refractivity contribution is 5.98. The molecular weight excluding hydrogens is 236 g/mol. The van der Waals surface area contributed by atoms with Crippen LogP contribution in [-0.2, 0) is 6.42 Å². The number of hydrogen-bond donors (Lipinski definition) is 0. The number of carbonyl (C=O) groups excluding carboxylic acids is 1. The first kappa shape index (κ1) is 12.7. The Balaban J connectivity index is 1.87.